The minimum Gasteiger partial charge on any atom is -0.507 e. The molecule has 0 atom stereocenters. The Kier molecular flexibility index (Phi) is 9.19. The van der Waals surface area contributed by atoms with Crippen molar-refractivity contribution < 1.29 is 28.6 Å². The molecular formula is C45H34N4O7. The number of esters is 1. The first-order valence-corrected chi connectivity index (χ1v) is 17.8. The van der Waals surface area contributed by atoms with Crippen molar-refractivity contribution in [2.45, 2.75) is 26.9 Å². The van der Waals surface area contributed by atoms with Gasteiger partial charge in [0.25, 0.3) is 0 Å². The van der Waals surface area contributed by atoms with Crippen LogP contribution in [0.3, 0.4) is 0 Å². The van der Waals surface area contributed by atoms with E-state index in [1.54, 1.807) is 54.6 Å². The van der Waals surface area contributed by atoms with Crippen LogP contribution in [0, 0.1) is 0 Å². The van der Waals surface area contributed by atoms with Crippen molar-refractivity contribution in [1.82, 2.24) is 9.97 Å². The molecule has 0 saturated heterocycles. The van der Waals surface area contributed by atoms with Crippen molar-refractivity contribution in [3.8, 4) is 28.2 Å². The number of methoxy groups -OCH3 is 1. The van der Waals surface area contributed by atoms with Crippen molar-refractivity contribution in [3.05, 3.63) is 147 Å². The van der Waals surface area contributed by atoms with Crippen LogP contribution in [-0.2, 0) is 17.8 Å². The van der Waals surface area contributed by atoms with Crippen LogP contribution in [0.25, 0.3) is 55.2 Å². The van der Waals surface area contributed by atoms with Gasteiger partial charge in [-0.2, -0.15) is 0 Å². The Balaban J connectivity index is 1.30. The van der Waals surface area contributed by atoms with Gasteiger partial charge in [0.2, 0.25) is 0 Å². The van der Waals surface area contributed by atoms with Crippen LogP contribution in [-0.4, -0.2) is 39.7 Å². The molecule has 276 valence electrons. The van der Waals surface area contributed by atoms with Gasteiger partial charge >= 0.3 is 5.97 Å². The zero-order chi connectivity index (χ0) is 39.1. The number of pyridine rings is 2. The maximum absolute atomic E-state index is 13.8. The van der Waals surface area contributed by atoms with E-state index in [0.717, 1.165) is 10.8 Å². The van der Waals surface area contributed by atoms with Gasteiger partial charge in [-0.3, -0.25) is 14.4 Å². The Morgan fingerprint density at radius 1 is 0.679 bits per heavy atom. The maximum Gasteiger partial charge on any atom is 0.356 e. The molecule has 8 rings (SSSR count). The molecule has 0 saturated carbocycles. The van der Waals surface area contributed by atoms with Crippen LogP contribution in [0.4, 0.5) is 11.4 Å². The van der Waals surface area contributed by atoms with Crippen LogP contribution in [0.2, 0.25) is 0 Å². The van der Waals surface area contributed by atoms with E-state index < -0.39 is 5.97 Å². The van der Waals surface area contributed by atoms with Crippen LogP contribution in [0.5, 0.6) is 5.75 Å². The predicted octanol–water partition coefficient (Wildman–Crippen LogP) is 8.78. The lowest BCUT2D eigenvalue weighted by Gasteiger charge is -2.21. The maximum atomic E-state index is 13.8. The van der Waals surface area contributed by atoms with Gasteiger partial charge in [0.05, 0.1) is 40.6 Å². The van der Waals surface area contributed by atoms with Crippen LogP contribution >= 0.6 is 0 Å². The van der Waals surface area contributed by atoms with Crippen LogP contribution in [0.15, 0.2) is 118 Å². The molecule has 1 aliphatic carbocycles. The van der Waals surface area contributed by atoms with Crippen molar-refractivity contribution in [2.24, 2.45) is 0 Å². The fourth-order valence-electron chi connectivity index (χ4n) is 7.10. The molecule has 3 N–H and O–H groups in total. The highest BCUT2D eigenvalue weighted by Gasteiger charge is 2.26. The Hall–Kier alpha value is -7.40. The lowest BCUT2D eigenvalue weighted by atomic mass is 9.88. The van der Waals surface area contributed by atoms with Crippen molar-refractivity contribution in [1.29, 1.82) is 0 Å². The number of nitrogens with zero attached hydrogens (tertiary/aromatic N) is 2. The van der Waals surface area contributed by atoms with Crippen molar-refractivity contribution in [3.63, 3.8) is 0 Å². The summed E-state index contributed by atoms with van der Waals surface area (Å²) in [6.45, 7) is 3.05. The molecule has 4 aromatic carbocycles. The first-order valence-electron chi connectivity index (χ1n) is 17.8. The number of phenols is 1. The number of hydrogen-bond acceptors (Lipinski definition) is 11. The Labute approximate surface area is 320 Å². The summed E-state index contributed by atoms with van der Waals surface area (Å²) in [6, 6.07) is 31.7. The van der Waals surface area contributed by atoms with E-state index in [2.05, 4.69) is 20.6 Å². The molecule has 11 nitrogen and oxygen atoms in total. The van der Waals surface area contributed by atoms with E-state index in [1.807, 2.05) is 48.5 Å². The third kappa shape index (κ3) is 6.34. The zero-order valence-electron chi connectivity index (χ0n) is 30.6. The number of aromatic nitrogens is 2. The second-order valence-electron chi connectivity index (χ2n) is 13.3. The lowest BCUT2D eigenvalue weighted by Crippen LogP contribution is -2.15. The lowest BCUT2D eigenvalue weighted by molar-refractivity contribution is 0.0594. The second kappa shape index (κ2) is 14.4. The first kappa shape index (κ1) is 35.6. The number of ketones is 2. The van der Waals surface area contributed by atoms with E-state index in [1.165, 1.54) is 27.0 Å². The molecule has 0 fully saturated rings. The number of Topliss-reactive ketones (excluding diaryl/α,β-unsaturated/α-hetero) is 2. The number of nitrogens with one attached hydrogen (secondary N) is 2. The molecule has 0 unspecified atom stereocenters. The Morgan fingerprint density at radius 2 is 1.32 bits per heavy atom. The molecule has 0 spiro atoms. The van der Waals surface area contributed by atoms with Crippen LogP contribution in [0.1, 0.15) is 56.3 Å². The number of rotatable bonds is 10. The fraction of sp³-hybridized carbons (Fsp3) is 0.111. The molecule has 6 aromatic rings. The standard InChI is InChI=1S/C45H34N4O7/c1-24(50)28-10-4-5-11-29(28)40-30-16-20-38(52)32(22-46-35-12-6-8-26-14-18-34(25(2)51)48-41(26)35)43(30)56-44-31(40)17-21-39(53)33(44)23-47-36-13-7-9-27-15-19-37(45(54)55-3)49-42(27)36/h4-21,46-47,52H,22-23H2,1-3H3. The Bertz CT molecular complexity index is 2940. The van der Waals surface area contributed by atoms with E-state index in [4.69, 9.17) is 9.15 Å². The van der Waals surface area contributed by atoms with Gasteiger partial charge in [-0.1, -0.05) is 60.7 Å². The quantitative estimate of drug-likeness (QED) is 0.0698. The highest BCUT2D eigenvalue weighted by molar-refractivity contribution is 6.10. The molecule has 3 heterocycles. The molecule has 0 radical (unpaired) electrons. The summed E-state index contributed by atoms with van der Waals surface area (Å²) in [7, 11) is 1.29. The number of para-hydroxylation sites is 2. The summed E-state index contributed by atoms with van der Waals surface area (Å²) in [4.78, 5) is 60.5. The number of carbonyl (C=O) groups excluding carboxylic acids is 3. The number of hydrogen-bond donors (Lipinski definition) is 3. The van der Waals surface area contributed by atoms with E-state index in [9.17, 15) is 24.3 Å². The van der Waals surface area contributed by atoms with Gasteiger partial charge in [-0.05, 0) is 61.0 Å². The minimum atomic E-state index is -0.576. The van der Waals surface area contributed by atoms with Crippen LogP contribution < -0.4 is 16.1 Å². The normalized spacial score (nSPS) is 11.3. The molecular weight excluding hydrogens is 709 g/mol. The second-order valence-corrected chi connectivity index (χ2v) is 13.3. The van der Waals surface area contributed by atoms with Gasteiger partial charge in [0.15, 0.2) is 17.0 Å². The number of benzene rings is 5. The number of phenolic OH excluding ortho intramolecular Hbond substituents is 1. The molecule has 0 bridgehead atoms. The van der Waals surface area contributed by atoms with Gasteiger partial charge in [-0.25, -0.2) is 14.8 Å². The first-order chi connectivity index (χ1) is 27.1. The van der Waals surface area contributed by atoms with E-state index >= 15 is 0 Å². The molecule has 1 aliphatic heterocycles. The van der Waals surface area contributed by atoms with Crippen molar-refractivity contribution >= 4 is 61.7 Å². The van der Waals surface area contributed by atoms with Crippen molar-refractivity contribution in [2.75, 3.05) is 17.7 Å². The molecule has 56 heavy (non-hydrogen) atoms. The van der Waals surface area contributed by atoms with E-state index in [0.29, 0.717) is 72.5 Å². The largest absolute Gasteiger partial charge is 0.507 e. The van der Waals surface area contributed by atoms with E-state index in [-0.39, 0.29) is 47.3 Å². The SMILES string of the molecule is COC(=O)c1ccc2cccc(NCc3c4oc5c(CNc6cccc7ccc(C(C)=O)nc67)c(O)ccc5c(-c5ccccc5C(C)=O)c-4ccc3=O)c2n1. The summed E-state index contributed by atoms with van der Waals surface area (Å²) in [6.07, 6.45) is 0. The summed E-state index contributed by atoms with van der Waals surface area (Å²) < 4.78 is 11.6. The molecule has 0 amide bonds. The average molecular weight is 743 g/mol. The number of carbonyl (C=O) groups is 3. The summed E-state index contributed by atoms with van der Waals surface area (Å²) in [5, 5.41) is 20.4. The highest BCUT2D eigenvalue weighted by atomic mass is 16.5. The number of ether oxygens (including phenoxy) is 1. The predicted molar refractivity (Wildman–Crippen MR) is 216 cm³/mol. The third-order valence-corrected chi connectivity index (χ3v) is 9.88. The third-order valence-electron chi connectivity index (χ3n) is 9.88. The summed E-state index contributed by atoms with van der Waals surface area (Å²) >= 11 is 0. The molecule has 2 aromatic heterocycles. The molecule has 2 aliphatic rings. The summed E-state index contributed by atoms with van der Waals surface area (Å²) in [5.74, 6) is -0.679. The monoisotopic (exact) mass is 742 g/mol. The fourth-order valence-corrected chi connectivity index (χ4v) is 7.10. The van der Waals surface area contributed by atoms with Gasteiger partial charge in [-0.15, -0.1) is 0 Å². The average Bonchev–Trinajstić information content (AvgIpc) is 3.21. The number of fused-ring (bicyclic) bond motifs is 4. The molecule has 11 heteroatoms. The summed E-state index contributed by atoms with van der Waals surface area (Å²) in [5.41, 5.74) is 5.83. The topological polar surface area (TPSA) is 161 Å². The smallest absolute Gasteiger partial charge is 0.356 e. The minimum absolute atomic E-state index is 0.00871. The highest BCUT2D eigenvalue weighted by Crippen LogP contribution is 2.45. The number of aromatic hydroxyl groups is 1. The Morgan fingerprint density at radius 3 is 1.98 bits per heavy atom. The van der Waals surface area contributed by atoms with Gasteiger partial charge in [0.1, 0.15) is 28.5 Å². The van der Waals surface area contributed by atoms with Gasteiger partial charge in [0, 0.05) is 52.9 Å². The number of anilines is 2. The zero-order valence-corrected chi connectivity index (χ0v) is 30.6. The van der Waals surface area contributed by atoms with Gasteiger partial charge < -0.3 is 24.9 Å².